The minimum Gasteiger partial charge on any atom is -0.481 e. The number of rotatable bonds is 9. The average Bonchev–Trinajstić information content (AvgIpc) is 3.09. The first-order chi connectivity index (χ1) is 16.5. The van der Waals surface area contributed by atoms with Gasteiger partial charge in [0.15, 0.2) is 0 Å². The lowest BCUT2D eigenvalue weighted by Gasteiger charge is -2.38. The van der Waals surface area contributed by atoms with Gasteiger partial charge in [0.05, 0.1) is 6.42 Å². The Morgan fingerprint density at radius 3 is 2.03 bits per heavy atom. The normalized spacial score (nSPS) is 13.7. The van der Waals surface area contributed by atoms with Crippen LogP contribution in [0.2, 0.25) is 0 Å². The van der Waals surface area contributed by atoms with E-state index in [1.807, 2.05) is 58.9 Å². The molecule has 3 rings (SSSR count). The van der Waals surface area contributed by atoms with Gasteiger partial charge in [-0.15, -0.1) is 0 Å². The molecular formula is C28H36N2O5. The first kappa shape index (κ1) is 26.3. The SMILES string of the molecule is CC(C)CC(NC(=O)OCC1c2ccccc2-c2ccccc21)C(=O)N(CCC(=O)O)C(C)(C)C. The van der Waals surface area contributed by atoms with Crippen LogP contribution in [0, 0.1) is 5.92 Å². The quantitative estimate of drug-likeness (QED) is 0.524. The van der Waals surface area contributed by atoms with Crippen LogP contribution in [0.3, 0.4) is 0 Å². The molecule has 2 aromatic rings. The average molecular weight is 481 g/mol. The van der Waals surface area contributed by atoms with Crippen molar-refractivity contribution >= 4 is 18.0 Å². The number of fused-ring (bicyclic) bond motifs is 3. The summed E-state index contributed by atoms with van der Waals surface area (Å²) in [4.78, 5) is 38.9. The fourth-order valence-corrected chi connectivity index (χ4v) is 4.65. The molecule has 0 saturated heterocycles. The molecule has 0 heterocycles. The highest BCUT2D eigenvalue weighted by molar-refractivity contribution is 5.86. The lowest BCUT2D eigenvalue weighted by Crippen LogP contribution is -2.55. The molecule has 0 spiro atoms. The third-order valence-electron chi connectivity index (χ3n) is 6.27. The monoisotopic (exact) mass is 480 g/mol. The zero-order valence-electron chi connectivity index (χ0n) is 21.2. The topological polar surface area (TPSA) is 95.9 Å². The Hall–Kier alpha value is -3.35. The third kappa shape index (κ3) is 6.41. The molecule has 0 fully saturated rings. The van der Waals surface area contributed by atoms with Crippen LogP contribution >= 0.6 is 0 Å². The van der Waals surface area contributed by atoms with E-state index in [-0.39, 0.29) is 37.3 Å². The second kappa shape index (κ2) is 10.9. The zero-order valence-corrected chi connectivity index (χ0v) is 21.2. The standard InChI is InChI=1S/C28H36N2O5/c1-18(2)16-24(26(33)30(28(3,4)5)15-14-25(31)32)29-27(34)35-17-23-21-12-8-6-10-19(21)20-11-7-9-13-22(20)23/h6-13,18,23-24H,14-17H2,1-5H3,(H,29,34)(H,31,32). The van der Waals surface area contributed by atoms with Crippen LogP contribution in [0.1, 0.15) is 64.5 Å². The highest BCUT2D eigenvalue weighted by Crippen LogP contribution is 2.44. The van der Waals surface area contributed by atoms with Gasteiger partial charge >= 0.3 is 12.1 Å². The van der Waals surface area contributed by atoms with Crippen molar-refractivity contribution in [1.29, 1.82) is 0 Å². The summed E-state index contributed by atoms with van der Waals surface area (Å²) in [5, 5.41) is 11.9. The van der Waals surface area contributed by atoms with Gasteiger partial charge in [-0.2, -0.15) is 0 Å². The summed E-state index contributed by atoms with van der Waals surface area (Å²) in [6.45, 7) is 9.73. The summed E-state index contributed by atoms with van der Waals surface area (Å²) < 4.78 is 5.65. The molecule has 1 aliphatic rings. The van der Waals surface area contributed by atoms with Crippen molar-refractivity contribution in [3.8, 4) is 11.1 Å². The number of nitrogens with one attached hydrogen (secondary N) is 1. The summed E-state index contributed by atoms with van der Waals surface area (Å²) in [6, 6.07) is 15.4. The largest absolute Gasteiger partial charge is 0.481 e. The molecule has 1 unspecified atom stereocenters. The fraction of sp³-hybridized carbons (Fsp3) is 0.464. The second-order valence-corrected chi connectivity index (χ2v) is 10.5. The Morgan fingerprint density at radius 2 is 1.54 bits per heavy atom. The summed E-state index contributed by atoms with van der Waals surface area (Å²) in [7, 11) is 0. The lowest BCUT2D eigenvalue weighted by molar-refractivity contribution is -0.142. The molecule has 7 heteroatoms. The molecular weight excluding hydrogens is 444 g/mol. The number of hydrogen-bond donors (Lipinski definition) is 2. The molecule has 2 amide bonds. The van der Waals surface area contributed by atoms with Gasteiger partial charge in [-0.3, -0.25) is 9.59 Å². The Kier molecular flexibility index (Phi) is 8.20. The van der Waals surface area contributed by atoms with Crippen molar-refractivity contribution in [2.45, 2.75) is 65.0 Å². The Balaban J connectivity index is 1.72. The Morgan fingerprint density at radius 1 is 1.00 bits per heavy atom. The fourth-order valence-electron chi connectivity index (χ4n) is 4.65. The number of alkyl carbamates (subject to hydrolysis) is 1. The van der Waals surface area contributed by atoms with Crippen LogP contribution in [-0.2, 0) is 14.3 Å². The molecule has 188 valence electrons. The van der Waals surface area contributed by atoms with Crippen molar-refractivity contribution in [2.75, 3.05) is 13.2 Å². The zero-order chi connectivity index (χ0) is 25.8. The van der Waals surface area contributed by atoms with Crippen molar-refractivity contribution in [2.24, 2.45) is 5.92 Å². The lowest BCUT2D eigenvalue weighted by atomic mass is 9.98. The van der Waals surface area contributed by atoms with E-state index >= 15 is 0 Å². The highest BCUT2D eigenvalue weighted by Gasteiger charge is 2.34. The maximum Gasteiger partial charge on any atom is 0.407 e. The smallest absolute Gasteiger partial charge is 0.407 e. The van der Waals surface area contributed by atoms with Crippen LogP contribution in [0.15, 0.2) is 48.5 Å². The third-order valence-corrected chi connectivity index (χ3v) is 6.27. The minimum atomic E-state index is -0.975. The molecule has 0 saturated carbocycles. The number of ether oxygens (including phenoxy) is 1. The number of carbonyl (C=O) groups excluding carboxylic acids is 2. The number of aliphatic carboxylic acids is 1. The Bertz CT molecular complexity index is 1030. The molecule has 0 radical (unpaired) electrons. The maximum atomic E-state index is 13.4. The van der Waals surface area contributed by atoms with Crippen LogP contribution in [0.25, 0.3) is 11.1 Å². The van der Waals surface area contributed by atoms with Crippen LogP contribution in [-0.4, -0.2) is 52.7 Å². The van der Waals surface area contributed by atoms with Gasteiger partial charge in [0.25, 0.3) is 0 Å². The van der Waals surface area contributed by atoms with E-state index in [0.717, 1.165) is 22.3 Å². The van der Waals surface area contributed by atoms with E-state index in [1.165, 1.54) is 4.90 Å². The van der Waals surface area contributed by atoms with Gasteiger partial charge in [-0.05, 0) is 55.4 Å². The van der Waals surface area contributed by atoms with E-state index in [0.29, 0.717) is 6.42 Å². The van der Waals surface area contributed by atoms with Crippen molar-refractivity contribution in [3.05, 3.63) is 59.7 Å². The van der Waals surface area contributed by atoms with E-state index in [2.05, 4.69) is 29.6 Å². The van der Waals surface area contributed by atoms with Crippen molar-refractivity contribution in [1.82, 2.24) is 10.2 Å². The van der Waals surface area contributed by atoms with E-state index < -0.39 is 23.6 Å². The maximum absolute atomic E-state index is 13.4. The first-order valence-electron chi connectivity index (χ1n) is 12.1. The Labute approximate surface area is 207 Å². The number of amides is 2. The molecule has 2 N–H and O–H groups in total. The number of carboxylic acid groups (broad SMARTS) is 1. The summed E-state index contributed by atoms with van der Waals surface area (Å²) in [5.41, 5.74) is 3.92. The number of carboxylic acids is 1. The van der Waals surface area contributed by atoms with Gasteiger partial charge in [0.1, 0.15) is 12.6 Å². The van der Waals surface area contributed by atoms with Crippen LogP contribution in [0.4, 0.5) is 4.79 Å². The highest BCUT2D eigenvalue weighted by atomic mass is 16.5. The molecule has 7 nitrogen and oxygen atoms in total. The molecule has 0 aromatic heterocycles. The van der Waals surface area contributed by atoms with E-state index in [9.17, 15) is 14.4 Å². The predicted octanol–water partition coefficient (Wildman–Crippen LogP) is 5.04. The number of hydrogen-bond acceptors (Lipinski definition) is 4. The van der Waals surface area contributed by atoms with Gasteiger partial charge in [-0.1, -0.05) is 62.4 Å². The van der Waals surface area contributed by atoms with Crippen molar-refractivity contribution in [3.63, 3.8) is 0 Å². The molecule has 1 aliphatic carbocycles. The van der Waals surface area contributed by atoms with Crippen LogP contribution in [0.5, 0.6) is 0 Å². The van der Waals surface area contributed by atoms with Gasteiger partial charge in [0, 0.05) is 18.0 Å². The molecule has 35 heavy (non-hydrogen) atoms. The predicted molar refractivity (Wildman–Crippen MR) is 135 cm³/mol. The first-order valence-corrected chi connectivity index (χ1v) is 12.1. The molecule has 0 bridgehead atoms. The van der Waals surface area contributed by atoms with Gasteiger partial charge in [-0.25, -0.2) is 4.79 Å². The summed E-state index contributed by atoms with van der Waals surface area (Å²) in [6.07, 6.45) is -0.400. The number of nitrogens with zero attached hydrogens (tertiary/aromatic N) is 1. The number of benzene rings is 2. The molecule has 2 aromatic carbocycles. The van der Waals surface area contributed by atoms with E-state index in [4.69, 9.17) is 9.84 Å². The molecule has 1 atom stereocenters. The van der Waals surface area contributed by atoms with E-state index in [1.54, 1.807) is 0 Å². The van der Waals surface area contributed by atoms with Crippen molar-refractivity contribution < 1.29 is 24.2 Å². The molecule has 0 aliphatic heterocycles. The van der Waals surface area contributed by atoms with Gasteiger partial charge < -0.3 is 20.1 Å². The summed E-state index contributed by atoms with van der Waals surface area (Å²) in [5.74, 6) is -1.22. The minimum absolute atomic E-state index is 0.0681. The van der Waals surface area contributed by atoms with Gasteiger partial charge in [0.2, 0.25) is 5.91 Å². The van der Waals surface area contributed by atoms with Crippen LogP contribution < -0.4 is 5.32 Å². The number of carbonyl (C=O) groups is 3. The summed E-state index contributed by atoms with van der Waals surface area (Å²) >= 11 is 0. The second-order valence-electron chi connectivity index (χ2n) is 10.5.